The standard InChI is InChI=1S/C54H33N5S/c1-3-15-34(16-4-1)36-29-30-43-45(33-36)55-50(51-49(43)44-25-9-12-28-48(44)60-51)37-19-13-20-38(31-37)53-56-52(35-17-5-2-6-18-35)57-54(58-53)39-21-14-22-40(32-39)59-46-26-10-7-23-41(46)42-24-8-11-27-47(42)59/h1-33H. The molecule has 0 radical (unpaired) electrons. The maximum Gasteiger partial charge on any atom is 0.164 e. The van der Waals surface area contributed by atoms with E-state index in [1.165, 1.54) is 31.8 Å². The maximum atomic E-state index is 5.45. The lowest BCUT2D eigenvalue weighted by Gasteiger charge is -2.12. The molecular weight excluding hydrogens is 751 g/mol. The molecule has 0 aliphatic rings. The molecule has 0 unspecified atom stereocenters. The quantitative estimate of drug-likeness (QED) is 0.169. The lowest BCUT2D eigenvalue weighted by Crippen LogP contribution is -2.01. The Balaban J connectivity index is 1.03. The molecule has 60 heavy (non-hydrogen) atoms. The average molecular weight is 784 g/mol. The lowest BCUT2D eigenvalue weighted by atomic mass is 9.99. The number of hydrogen-bond acceptors (Lipinski definition) is 5. The van der Waals surface area contributed by atoms with Crippen molar-refractivity contribution in [3.8, 4) is 62.2 Å². The van der Waals surface area contributed by atoms with Crippen LogP contribution in [0.3, 0.4) is 0 Å². The molecule has 0 amide bonds. The molecule has 0 spiro atoms. The monoisotopic (exact) mass is 783 g/mol. The van der Waals surface area contributed by atoms with E-state index in [0.717, 1.165) is 65.8 Å². The van der Waals surface area contributed by atoms with E-state index >= 15 is 0 Å². The van der Waals surface area contributed by atoms with Crippen molar-refractivity contribution in [2.24, 2.45) is 0 Å². The minimum atomic E-state index is 0.600. The van der Waals surface area contributed by atoms with Gasteiger partial charge in [-0.15, -0.1) is 11.3 Å². The van der Waals surface area contributed by atoms with E-state index in [4.69, 9.17) is 19.9 Å². The Morgan fingerprint density at radius 2 is 0.900 bits per heavy atom. The van der Waals surface area contributed by atoms with Crippen molar-refractivity contribution in [3.05, 3.63) is 200 Å². The number of thiophene rings is 1. The number of pyridine rings is 1. The third kappa shape index (κ3) is 5.69. The van der Waals surface area contributed by atoms with Gasteiger partial charge in [-0.05, 0) is 53.6 Å². The van der Waals surface area contributed by atoms with Gasteiger partial charge in [-0.1, -0.05) is 158 Å². The maximum absolute atomic E-state index is 5.45. The minimum Gasteiger partial charge on any atom is -0.309 e. The van der Waals surface area contributed by atoms with Crippen LogP contribution in [0.25, 0.3) is 115 Å². The van der Waals surface area contributed by atoms with Gasteiger partial charge >= 0.3 is 0 Å². The Bertz CT molecular complexity index is 3560. The summed E-state index contributed by atoms with van der Waals surface area (Å²) in [5, 5.41) is 6.07. The average Bonchev–Trinajstić information content (AvgIpc) is 3.88. The first-order valence-corrected chi connectivity index (χ1v) is 20.9. The fourth-order valence-electron chi connectivity index (χ4n) is 8.63. The fourth-order valence-corrected chi connectivity index (χ4v) is 9.86. The van der Waals surface area contributed by atoms with E-state index in [2.05, 4.69) is 187 Å². The summed E-state index contributed by atoms with van der Waals surface area (Å²) in [7, 11) is 0. The summed E-state index contributed by atoms with van der Waals surface area (Å²) in [5.74, 6) is 1.83. The first-order valence-electron chi connectivity index (χ1n) is 20.1. The van der Waals surface area contributed by atoms with Crippen LogP contribution in [0.1, 0.15) is 0 Å². The number of para-hydroxylation sites is 2. The molecule has 0 bridgehead atoms. The minimum absolute atomic E-state index is 0.600. The van der Waals surface area contributed by atoms with Crippen molar-refractivity contribution in [1.82, 2.24) is 24.5 Å². The predicted molar refractivity (Wildman–Crippen MR) is 250 cm³/mol. The van der Waals surface area contributed by atoms with Gasteiger partial charge < -0.3 is 4.57 Å². The molecule has 5 nitrogen and oxygen atoms in total. The van der Waals surface area contributed by atoms with Crippen LogP contribution >= 0.6 is 11.3 Å². The molecule has 0 fully saturated rings. The Kier molecular flexibility index (Phi) is 7.96. The molecule has 4 aromatic heterocycles. The number of benzene rings is 8. The number of nitrogens with zero attached hydrogens (tertiary/aromatic N) is 5. The van der Waals surface area contributed by atoms with Crippen LogP contribution < -0.4 is 0 Å². The summed E-state index contributed by atoms with van der Waals surface area (Å²) in [6, 6.07) is 70.2. The lowest BCUT2D eigenvalue weighted by molar-refractivity contribution is 1.07. The Hall–Kier alpha value is -7.80. The van der Waals surface area contributed by atoms with Crippen LogP contribution in [0.2, 0.25) is 0 Å². The topological polar surface area (TPSA) is 56.5 Å². The van der Waals surface area contributed by atoms with Gasteiger partial charge in [0.2, 0.25) is 0 Å². The van der Waals surface area contributed by atoms with Crippen molar-refractivity contribution < 1.29 is 0 Å². The SMILES string of the molecule is c1ccc(-c2ccc3c(c2)nc(-c2cccc(-c4nc(-c5ccccc5)nc(-c5cccc(-n6c7ccccc7c7ccccc76)c5)n4)c2)c2sc4ccccc4c23)cc1. The normalized spacial score (nSPS) is 11.7. The van der Waals surface area contributed by atoms with Crippen molar-refractivity contribution in [2.75, 3.05) is 0 Å². The highest BCUT2D eigenvalue weighted by Crippen LogP contribution is 2.44. The summed E-state index contributed by atoms with van der Waals surface area (Å²) in [6.45, 7) is 0. The second-order valence-electron chi connectivity index (χ2n) is 15.0. The summed E-state index contributed by atoms with van der Waals surface area (Å²) in [5.41, 5.74) is 11.3. The third-order valence-electron chi connectivity index (χ3n) is 11.4. The second kappa shape index (κ2) is 13.9. The van der Waals surface area contributed by atoms with E-state index in [-0.39, 0.29) is 0 Å². The molecule has 12 rings (SSSR count). The van der Waals surface area contributed by atoms with Gasteiger partial charge in [0.25, 0.3) is 0 Å². The molecule has 12 aromatic rings. The first kappa shape index (κ1) is 34.3. The molecular formula is C54H33N5S. The van der Waals surface area contributed by atoms with Crippen LogP contribution in [-0.2, 0) is 0 Å². The summed E-state index contributed by atoms with van der Waals surface area (Å²) < 4.78 is 4.73. The Morgan fingerprint density at radius 1 is 0.350 bits per heavy atom. The van der Waals surface area contributed by atoms with Crippen molar-refractivity contribution in [3.63, 3.8) is 0 Å². The molecule has 0 aliphatic carbocycles. The van der Waals surface area contributed by atoms with Crippen LogP contribution in [0.4, 0.5) is 0 Å². The van der Waals surface area contributed by atoms with Gasteiger partial charge in [-0.25, -0.2) is 19.9 Å². The molecule has 0 N–H and O–H groups in total. The van der Waals surface area contributed by atoms with E-state index in [0.29, 0.717) is 17.5 Å². The Labute approximate surface area is 349 Å². The van der Waals surface area contributed by atoms with E-state index < -0.39 is 0 Å². The number of fused-ring (bicyclic) bond motifs is 8. The first-order chi connectivity index (χ1) is 29.7. The third-order valence-corrected chi connectivity index (χ3v) is 12.6. The fraction of sp³-hybridized carbons (Fsp3) is 0. The van der Waals surface area contributed by atoms with E-state index in [1.54, 1.807) is 11.3 Å². The Morgan fingerprint density at radius 3 is 1.62 bits per heavy atom. The molecule has 0 atom stereocenters. The number of hydrogen-bond donors (Lipinski definition) is 0. The van der Waals surface area contributed by atoms with Gasteiger partial charge in [0.1, 0.15) is 0 Å². The largest absolute Gasteiger partial charge is 0.309 e. The van der Waals surface area contributed by atoms with Crippen molar-refractivity contribution in [2.45, 2.75) is 0 Å². The summed E-state index contributed by atoms with van der Waals surface area (Å²) in [4.78, 5) is 20.9. The zero-order chi connectivity index (χ0) is 39.6. The van der Waals surface area contributed by atoms with Crippen LogP contribution in [0.5, 0.6) is 0 Å². The van der Waals surface area contributed by atoms with Gasteiger partial charge in [-0.2, -0.15) is 0 Å². The number of aromatic nitrogens is 5. The van der Waals surface area contributed by atoms with E-state index in [9.17, 15) is 0 Å². The van der Waals surface area contributed by atoms with Crippen LogP contribution in [0.15, 0.2) is 200 Å². The zero-order valence-corrected chi connectivity index (χ0v) is 33.0. The van der Waals surface area contributed by atoms with Gasteiger partial charge in [-0.3, -0.25) is 0 Å². The van der Waals surface area contributed by atoms with Crippen LogP contribution in [-0.4, -0.2) is 24.5 Å². The van der Waals surface area contributed by atoms with E-state index in [1.807, 2.05) is 18.2 Å². The molecule has 280 valence electrons. The van der Waals surface area contributed by atoms with Crippen LogP contribution in [0, 0.1) is 0 Å². The van der Waals surface area contributed by atoms with Gasteiger partial charge in [0, 0.05) is 59.6 Å². The molecule has 0 saturated carbocycles. The summed E-state index contributed by atoms with van der Waals surface area (Å²) in [6.07, 6.45) is 0. The van der Waals surface area contributed by atoms with Crippen molar-refractivity contribution >= 4 is 64.2 Å². The smallest absolute Gasteiger partial charge is 0.164 e. The van der Waals surface area contributed by atoms with Gasteiger partial charge in [0.05, 0.1) is 26.9 Å². The molecule has 4 heterocycles. The predicted octanol–water partition coefficient (Wildman–Crippen LogP) is 14.2. The second-order valence-corrected chi connectivity index (χ2v) is 16.1. The van der Waals surface area contributed by atoms with Crippen molar-refractivity contribution in [1.29, 1.82) is 0 Å². The summed E-state index contributed by atoms with van der Waals surface area (Å²) >= 11 is 1.80. The molecule has 6 heteroatoms. The molecule has 0 aliphatic heterocycles. The highest BCUT2D eigenvalue weighted by atomic mass is 32.1. The highest BCUT2D eigenvalue weighted by Gasteiger charge is 2.19. The molecule has 0 saturated heterocycles. The highest BCUT2D eigenvalue weighted by molar-refractivity contribution is 7.26. The number of rotatable bonds is 6. The molecule has 8 aromatic carbocycles. The zero-order valence-electron chi connectivity index (χ0n) is 32.2. The van der Waals surface area contributed by atoms with Gasteiger partial charge in [0.15, 0.2) is 17.5 Å².